The molecule has 0 aliphatic heterocycles. The number of para-hydroxylation sites is 1. The summed E-state index contributed by atoms with van der Waals surface area (Å²) in [6.45, 7) is 4.24. The minimum absolute atomic E-state index is 0.0138. The van der Waals surface area contributed by atoms with E-state index in [2.05, 4.69) is 34.3 Å². The third-order valence-electron chi connectivity index (χ3n) is 4.41. The Morgan fingerprint density at radius 3 is 2.93 bits per heavy atom. The van der Waals surface area contributed by atoms with Crippen LogP contribution in [0.5, 0.6) is 10.9 Å². The number of ether oxygens (including phenoxy) is 1. The molecule has 0 spiro atoms. The number of carbonyl (C=O) groups is 1. The van der Waals surface area contributed by atoms with Gasteiger partial charge in [0.15, 0.2) is 5.75 Å². The van der Waals surface area contributed by atoms with E-state index in [0.29, 0.717) is 17.5 Å². The lowest BCUT2D eigenvalue weighted by atomic mass is 10.0. The standard InChI is InChI=1S/C21H19N3O2S/c1-13(12-23-14(2)25)16-8-9-17-19(11-16)27-21(24-17)26-18-7-3-5-15-6-4-10-22-20(15)18/h3-11,13H,12H2,1-2H3,(H,23,25). The zero-order chi connectivity index (χ0) is 18.8. The van der Waals surface area contributed by atoms with Crippen LogP contribution in [0.4, 0.5) is 0 Å². The zero-order valence-corrected chi connectivity index (χ0v) is 15.9. The Bertz CT molecular complexity index is 1120. The molecule has 4 aromatic rings. The van der Waals surface area contributed by atoms with Crippen molar-refractivity contribution in [3.05, 3.63) is 60.3 Å². The number of rotatable bonds is 5. The third-order valence-corrected chi connectivity index (χ3v) is 5.31. The lowest BCUT2D eigenvalue weighted by molar-refractivity contribution is -0.119. The van der Waals surface area contributed by atoms with Gasteiger partial charge in [-0.05, 0) is 35.7 Å². The van der Waals surface area contributed by atoms with Crippen molar-refractivity contribution < 1.29 is 9.53 Å². The van der Waals surface area contributed by atoms with Crippen LogP contribution in [0.15, 0.2) is 54.7 Å². The first kappa shape index (κ1) is 17.4. The Balaban J connectivity index is 1.61. The Morgan fingerprint density at radius 1 is 1.22 bits per heavy atom. The van der Waals surface area contributed by atoms with Crippen LogP contribution in [0.3, 0.4) is 0 Å². The fourth-order valence-electron chi connectivity index (χ4n) is 2.94. The highest BCUT2D eigenvalue weighted by Crippen LogP contribution is 2.35. The highest BCUT2D eigenvalue weighted by molar-refractivity contribution is 7.20. The molecule has 2 aromatic heterocycles. The van der Waals surface area contributed by atoms with E-state index in [9.17, 15) is 4.79 Å². The maximum Gasteiger partial charge on any atom is 0.279 e. The normalized spacial score (nSPS) is 12.2. The Kier molecular flexibility index (Phi) is 4.73. The molecule has 27 heavy (non-hydrogen) atoms. The maximum absolute atomic E-state index is 11.1. The molecule has 4 rings (SSSR count). The predicted octanol–water partition coefficient (Wildman–Crippen LogP) is 4.88. The molecule has 0 fully saturated rings. The topological polar surface area (TPSA) is 64.1 Å². The molecular formula is C21H19N3O2S. The number of aromatic nitrogens is 2. The van der Waals surface area contributed by atoms with Crippen molar-refractivity contribution in [3.63, 3.8) is 0 Å². The van der Waals surface area contributed by atoms with E-state index < -0.39 is 0 Å². The summed E-state index contributed by atoms with van der Waals surface area (Å²) in [4.78, 5) is 20.1. The largest absolute Gasteiger partial charge is 0.429 e. The van der Waals surface area contributed by atoms with Gasteiger partial charge in [-0.25, -0.2) is 4.98 Å². The molecule has 2 aromatic carbocycles. The summed E-state index contributed by atoms with van der Waals surface area (Å²) in [6.07, 6.45) is 1.76. The highest BCUT2D eigenvalue weighted by atomic mass is 32.1. The van der Waals surface area contributed by atoms with Crippen molar-refractivity contribution in [2.75, 3.05) is 6.54 Å². The van der Waals surface area contributed by atoms with Crippen molar-refractivity contribution in [2.24, 2.45) is 0 Å². The molecule has 0 bridgehead atoms. The molecule has 2 heterocycles. The molecule has 1 atom stereocenters. The van der Waals surface area contributed by atoms with Gasteiger partial charge in [-0.15, -0.1) is 0 Å². The Hall–Kier alpha value is -2.99. The Labute approximate surface area is 161 Å². The van der Waals surface area contributed by atoms with Crippen molar-refractivity contribution in [2.45, 2.75) is 19.8 Å². The number of amides is 1. The molecule has 1 amide bonds. The maximum atomic E-state index is 11.1. The first-order valence-electron chi connectivity index (χ1n) is 8.76. The van der Waals surface area contributed by atoms with Crippen LogP contribution in [-0.2, 0) is 4.79 Å². The number of carbonyl (C=O) groups excluding carboxylic acids is 1. The number of pyridine rings is 1. The smallest absolute Gasteiger partial charge is 0.279 e. The third kappa shape index (κ3) is 3.75. The van der Waals surface area contributed by atoms with Gasteiger partial charge in [0.2, 0.25) is 5.91 Å². The summed E-state index contributed by atoms with van der Waals surface area (Å²) in [6, 6.07) is 16.0. The lowest BCUT2D eigenvalue weighted by Gasteiger charge is -2.11. The second-order valence-corrected chi connectivity index (χ2v) is 7.47. The number of benzene rings is 2. The van der Waals surface area contributed by atoms with Crippen molar-refractivity contribution >= 4 is 38.4 Å². The second kappa shape index (κ2) is 7.32. The molecular weight excluding hydrogens is 358 g/mol. The summed E-state index contributed by atoms with van der Waals surface area (Å²) < 4.78 is 7.10. The number of nitrogens with zero attached hydrogens (tertiary/aromatic N) is 2. The molecule has 1 unspecified atom stereocenters. The van der Waals surface area contributed by atoms with E-state index in [1.54, 1.807) is 6.20 Å². The quantitative estimate of drug-likeness (QED) is 0.538. The minimum Gasteiger partial charge on any atom is -0.429 e. The van der Waals surface area contributed by atoms with Crippen LogP contribution in [0.1, 0.15) is 25.3 Å². The fourth-order valence-corrected chi connectivity index (χ4v) is 3.81. The van der Waals surface area contributed by atoms with E-state index in [1.165, 1.54) is 23.8 Å². The molecule has 5 nitrogen and oxygen atoms in total. The first-order valence-corrected chi connectivity index (χ1v) is 9.58. The minimum atomic E-state index is -0.0138. The van der Waals surface area contributed by atoms with Gasteiger partial charge in [0.25, 0.3) is 5.19 Å². The van der Waals surface area contributed by atoms with Gasteiger partial charge in [0.1, 0.15) is 5.52 Å². The number of fused-ring (bicyclic) bond motifs is 2. The summed E-state index contributed by atoms with van der Waals surface area (Å²) in [5, 5.41) is 4.49. The zero-order valence-electron chi connectivity index (χ0n) is 15.1. The van der Waals surface area contributed by atoms with Gasteiger partial charge < -0.3 is 10.1 Å². The van der Waals surface area contributed by atoms with E-state index in [0.717, 1.165) is 21.1 Å². The fraction of sp³-hybridized carbons (Fsp3) is 0.190. The van der Waals surface area contributed by atoms with Crippen LogP contribution in [0, 0.1) is 0 Å². The summed E-state index contributed by atoms with van der Waals surface area (Å²) >= 11 is 1.51. The first-order chi connectivity index (χ1) is 13.1. The van der Waals surface area contributed by atoms with E-state index in [1.807, 2.05) is 36.4 Å². The van der Waals surface area contributed by atoms with Crippen molar-refractivity contribution in [1.82, 2.24) is 15.3 Å². The summed E-state index contributed by atoms with van der Waals surface area (Å²) in [5.41, 5.74) is 2.89. The average molecular weight is 377 g/mol. The number of hydrogen-bond acceptors (Lipinski definition) is 5. The molecule has 0 aliphatic rings. The van der Waals surface area contributed by atoms with Gasteiger partial charge >= 0.3 is 0 Å². The molecule has 136 valence electrons. The predicted molar refractivity (Wildman–Crippen MR) is 109 cm³/mol. The average Bonchev–Trinajstić information content (AvgIpc) is 3.08. The molecule has 0 saturated carbocycles. The lowest BCUT2D eigenvalue weighted by Crippen LogP contribution is -2.24. The monoisotopic (exact) mass is 377 g/mol. The molecule has 6 heteroatoms. The second-order valence-electron chi connectivity index (χ2n) is 6.48. The highest BCUT2D eigenvalue weighted by Gasteiger charge is 2.12. The van der Waals surface area contributed by atoms with Crippen LogP contribution in [0.25, 0.3) is 21.1 Å². The van der Waals surface area contributed by atoms with Gasteiger partial charge in [-0.2, -0.15) is 0 Å². The summed E-state index contributed by atoms with van der Waals surface area (Å²) in [7, 11) is 0. The molecule has 0 aliphatic carbocycles. The number of hydrogen-bond donors (Lipinski definition) is 1. The van der Waals surface area contributed by atoms with Crippen molar-refractivity contribution in [3.8, 4) is 10.9 Å². The van der Waals surface area contributed by atoms with E-state index in [-0.39, 0.29) is 11.8 Å². The Morgan fingerprint density at radius 2 is 2.07 bits per heavy atom. The number of thiazole rings is 1. The van der Waals surface area contributed by atoms with E-state index >= 15 is 0 Å². The number of nitrogens with one attached hydrogen (secondary N) is 1. The van der Waals surface area contributed by atoms with Crippen LogP contribution < -0.4 is 10.1 Å². The van der Waals surface area contributed by atoms with Crippen molar-refractivity contribution in [1.29, 1.82) is 0 Å². The van der Waals surface area contributed by atoms with Gasteiger partial charge in [0, 0.05) is 25.1 Å². The summed E-state index contributed by atoms with van der Waals surface area (Å²) in [5.74, 6) is 0.915. The molecule has 0 saturated heterocycles. The molecule has 0 radical (unpaired) electrons. The van der Waals surface area contributed by atoms with Gasteiger partial charge in [-0.3, -0.25) is 9.78 Å². The SMILES string of the molecule is CC(=O)NCC(C)c1ccc2nc(Oc3cccc4cccnc34)sc2c1. The molecule has 1 N–H and O–H groups in total. The van der Waals surface area contributed by atoms with Gasteiger partial charge in [0.05, 0.1) is 10.2 Å². The van der Waals surface area contributed by atoms with Crippen LogP contribution in [-0.4, -0.2) is 22.4 Å². The van der Waals surface area contributed by atoms with E-state index in [4.69, 9.17) is 4.74 Å². The van der Waals surface area contributed by atoms with Gasteiger partial charge in [-0.1, -0.05) is 42.5 Å². The van der Waals surface area contributed by atoms with Crippen LogP contribution >= 0.6 is 11.3 Å². The van der Waals surface area contributed by atoms with Crippen LogP contribution in [0.2, 0.25) is 0 Å².